The predicted molar refractivity (Wildman–Crippen MR) is 119 cm³/mol. The molecule has 3 aromatic rings. The van der Waals surface area contributed by atoms with Crippen molar-refractivity contribution >= 4 is 27.5 Å². The van der Waals surface area contributed by atoms with Crippen LogP contribution in [-0.2, 0) is 11.3 Å². The first-order valence-electron chi connectivity index (χ1n) is 10.2. The van der Waals surface area contributed by atoms with Crippen LogP contribution in [0.5, 0.6) is 0 Å². The molecule has 1 saturated heterocycles. The van der Waals surface area contributed by atoms with Gasteiger partial charge in [-0.25, -0.2) is 4.98 Å². The summed E-state index contributed by atoms with van der Waals surface area (Å²) in [6, 6.07) is 18.7. The van der Waals surface area contributed by atoms with Gasteiger partial charge in [-0.15, -0.1) is 11.3 Å². The number of rotatable bonds is 6. The summed E-state index contributed by atoms with van der Waals surface area (Å²) in [5.41, 5.74) is 2.36. The molecule has 1 atom stereocenters. The maximum absolute atomic E-state index is 12.9. The van der Waals surface area contributed by atoms with Crippen molar-refractivity contribution < 1.29 is 4.79 Å². The number of fused-ring (bicyclic) bond motifs is 1. The van der Waals surface area contributed by atoms with Gasteiger partial charge in [0.05, 0.1) is 22.8 Å². The van der Waals surface area contributed by atoms with Crippen molar-refractivity contribution in [3.8, 4) is 0 Å². The summed E-state index contributed by atoms with van der Waals surface area (Å²) in [7, 11) is 1.89. The third kappa shape index (κ3) is 4.83. The van der Waals surface area contributed by atoms with Gasteiger partial charge < -0.3 is 4.90 Å². The number of hydrogen-bond donors (Lipinski definition) is 0. The summed E-state index contributed by atoms with van der Waals surface area (Å²) in [4.78, 5) is 24.2. The number of carbonyl (C=O) groups is 1. The van der Waals surface area contributed by atoms with Crippen LogP contribution in [0.4, 0.5) is 0 Å². The monoisotopic (exact) mass is 408 g/mol. The van der Waals surface area contributed by atoms with Crippen molar-refractivity contribution in [2.75, 3.05) is 39.8 Å². The third-order valence-corrected chi connectivity index (χ3v) is 6.92. The number of thiazole rings is 1. The number of aromatic nitrogens is 1. The molecule has 0 N–H and O–H groups in total. The van der Waals surface area contributed by atoms with Gasteiger partial charge in [0.2, 0.25) is 5.91 Å². The number of hydrogen-bond acceptors (Lipinski definition) is 5. The van der Waals surface area contributed by atoms with Crippen LogP contribution in [0.2, 0.25) is 0 Å². The summed E-state index contributed by atoms with van der Waals surface area (Å²) in [5, 5.41) is 0.995. The quantitative estimate of drug-likeness (QED) is 0.624. The minimum Gasteiger partial charge on any atom is -0.335 e. The van der Waals surface area contributed by atoms with E-state index in [1.165, 1.54) is 10.3 Å². The molecule has 1 aliphatic heterocycles. The van der Waals surface area contributed by atoms with Crippen LogP contribution in [0.15, 0.2) is 54.6 Å². The van der Waals surface area contributed by atoms with E-state index >= 15 is 0 Å². The van der Waals surface area contributed by atoms with Gasteiger partial charge in [-0.05, 0) is 24.6 Å². The molecule has 152 valence electrons. The molecule has 1 aliphatic rings. The van der Waals surface area contributed by atoms with Gasteiger partial charge in [-0.3, -0.25) is 14.6 Å². The standard InChI is InChI=1S/C23H28N4OS/c1-18(23-24-20-10-6-7-11-21(20)29-23)25(2)22(28)17-27-14-12-26(13-15-27)16-19-8-4-3-5-9-19/h3-11,18H,12-17H2,1-2H3/t18-/m0/s1. The second kappa shape index (κ2) is 9.03. The first kappa shape index (κ1) is 20.0. The molecule has 4 rings (SSSR count). The van der Waals surface area contributed by atoms with Crippen LogP contribution in [0.25, 0.3) is 10.2 Å². The molecule has 0 aliphatic carbocycles. The Bertz CT molecular complexity index is 917. The number of nitrogens with zero attached hydrogens (tertiary/aromatic N) is 4. The predicted octanol–water partition coefficient (Wildman–Crippen LogP) is 3.63. The molecule has 0 radical (unpaired) electrons. The molecule has 1 aromatic heterocycles. The van der Waals surface area contributed by atoms with E-state index in [1.54, 1.807) is 11.3 Å². The summed E-state index contributed by atoms with van der Waals surface area (Å²) in [6.45, 7) is 7.39. The van der Waals surface area contributed by atoms with Crippen LogP contribution in [0, 0.1) is 0 Å². The van der Waals surface area contributed by atoms with E-state index in [2.05, 4.69) is 53.1 Å². The van der Waals surface area contributed by atoms with Crippen molar-refractivity contribution in [3.63, 3.8) is 0 Å². The van der Waals surface area contributed by atoms with Gasteiger partial charge in [0.1, 0.15) is 5.01 Å². The molecule has 2 heterocycles. The number of benzene rings is 2. The fourth-order valence-corrected chi connectivity index (χ4v) is 4.76. The smallest absolute Gasteiger partial charge is 0.237 e. The second-order valence-electron chi connectivity index (χ2n) is 7.74. The molecule has 0 unspecified atom stereocenters. The molecule has 29 heavy (non-hydrogen) atoms. The van der Waals surface area contributed by atoms with Crippen LogP contribution in [-0.4, -0.2) is 65.4 Å². The van der Waals surface area contributed by atoms with Crippen molar-refractivity contribution in [1.29, 1.82) is 0 Å². The Hall–Kier alpha value is -2.28. The zero-order valence-corrected chi connectivity index (χ0v) is 17.9. The molecule has 0 saturated carbocycles. The molecule has 6 heteroatoms. The van der Waals surface area contributed by atoms with Gasteiger partial charge >= 0.3 is 0 Å². The summed E-state index contributed by atoms with van der Waals surface area (Å²) < 4.78 is 1.17. The van der Waals surface area contributed by atoms with E-state index in [4.69, 9.17) is 4.98 Å². The number of para-hydroxylation sites is 1. The number of likely N-dealkylation sites (N-methyl/N-ethyl adjacent to an activating group) is 1. The molecule has 0 bridgehead atoms. The van der Waals surface area contributed by atoms with Gasteiger partial charge in [-0.1, -0.05) is 42.5 Å². The fraction of sp³-hybridized carbons (Fsp3) is 0.391. The Balaban J connectivity index is 1.29. The lowest BCUT2D eigenvalue weighted by Crippen LogP contribution is -2.49. The van der Waals surface area contributed by atoms with E-state index < -0.39 is 0 Å². The minimum atomic E-state index is -0.0146. The molecule has 1 amide bonds. The first-order valence-corrected chi connectivity index (χ1v) is 11.0. The van der Waals surface area contributed by atoms with Crippen molar-refractivity contribution in [1.82, 2.24) is 19.7 Å². The largest absolute Gasteiger partial charge is 0.335 e. The maximum Gasteiger partial charge on any atom is 0.237 e. The Morgan fingerprint density at radius 2 is 1.69 bits per heavy atom. The van der Waals surface area contributed by atoms with Crippen molar-refractivity contribution in [3.05, 3.63) is 65.2 Å². The van der Waals surface area contributed by atoms with Crippen molar-refractivity contribution in [2.45, 2.75) is 19.5 Å². The van der Waals surface area contributed by atoms with Crippen LogP contribution in [0.1, 0.15) is 23.5 Å². The van der Waals surface area contributed by atoms with E-state index in [9.17, 15) is 4.79 Å². The average Bonchev–Trinajstić information content (AvgIpc) is 3.19. The van der Waals surface area contributed by atoms with Crippen molar-refractivity contribution in [2.24, 2.45) is 0 Å². The Kier molecular flexibility index (Phi) is 6.23. The highest BCUT2D eigenvalue weighted by atomic mass is 32.1. The highest BCUT2D eigenvalue weighted by Gasteiger charge is 2.24. The highest BCUT2D eigenvalue weighted by molar-refractivity contribution is 7.18. The molecule has 2 aromatic carbocycles. The van der Waals surface area contributed by atoms with E-state index in [0.29, 0.717) is 6.54 Å². The second-order valence-corrected chi connectivity index (χ2v) is 8.80. The van der Waals surface area contributed by atoms with E-state index in [0.717, 1.165) is 43.2 Å². The van der Waals surface area contributed by atoms with Gasteiger partial charge in [0.15, 0.2) is 0 Å². The third-order valence-electron chi connectivity index (χ3n) is 5.71. The summed E-state index contributed by atoms with van der Waals surface area (Å²) in [5.74, 6) is 0.160. The average molecular weight is 409 g/mol. The van der Waals surface area contributed by atoms with Gasteiger partial charge in [-0.2, -0.15) is 0 Å². The fourth-order valence-electron chi connectivity index (χ4n) is 3.70. The zero-order chi connectivity index (χ0) is 20.2. The lowest BCUT2D eigenvalue weighted by molar-refractivity contribution is -0.133. The molecule has 1 fully saturated rings. The number of amides is 1. The first-order chi connectivity index (χ1) is 14.1. The Morgan fingerprint density at radius 3 is 2.41 bits per heavy atom. The molecular weight excluding hydrogens is 380 g/mol. The Morgan fingerprint density at radius 1 is 1.03 bits per heavy atom. The summed E-state index contributed by atoms with van der Waals surface area (Å²) >= 11 is 1.67. The van der Waals surface area contributed by atoms with Crippen LogP contribution >= 0.6 is 11.3 Å². The number of carbonyl (C=O) groups excluding carboxylic acids is 1. The SMILES string of the molecule is C[C@@H](c1nc2ccccc2s1)N(C)C(=O)CN1CCN(Cc2ccccc2)CC1. The van der Waals surface area contributed by atoms with E-state index in [-0.39, 0.29) is 11.9 Å². The normalized spacial score (nSPS) is 16.8. The van der Waals surface area contributed by atoms with E-state index in [1.807, 2.05) is 30.1 Å². The topological polar surface area (TPSA) is 39.7 Å². The van der Waals surface area contributed by atoms with Crippen LogP contribution in [0.3, 0.4) is 0 Å². The zero-order valence-electron chi connectivity index (χ0n) is 17.1. The Labute approximate surface area is 176 Å². The lowest BCUT2D eigenvalue weighted by atomic mass is 10.2. The van der Waals surface area contributed by atoms with Crippen LogP contribution < -0.4 is 0 Å². The lowest BCUT2D eigenvalue weighted by Gasteiger charge is -2.35. The highest BCUT2D eigenvalue weighted by Crippen LogP contribution is 2.28. The minimum absolute atomic E-state index is 0.0146. The molecular formula is C23H28N4OS. The molecule has 5 nitrogen and oxygen atoms in total. The summed E-state index contributed by atoms with van der Waals surface area (Å²) in [6.07, 6.45) is 0. The van der Waals surface area contributed by atoms with Gasteiger partial charge in [0, 0.05) is 39.8 Å². The maximum atomic E-state index is 12.9. The molecule has 0 spiro atoms. The number of piperazine rings is 1. The van der Waals surface area contributed by atoms with Gasteiger partial charge in [0.25, 0.3) is 0 Å².